The highest BCUT2D eigenvalue weighted by atomic mass is 35.5. The number of aromatic nitrogens is 2. The van der Waals surface area contributed by atoms with E-state index in [1.165, 1.54) is 0 Å². The summed E-state index contributed by atoms with van der Waals surface area (Å²) >= 11 is 6.10. The van der Waals surface area contributed by atoms with Gasteiger partial charge in [0.15, 0.2) is 5.82 Å². The maximum absolute atomic E-state index is 12.6. The maximum atomic E-state index is 12.6. The third-order valence-corrected chi connectivity index (χ3v) is 4.95. The average Bonchev–Trinajstić information content (AvgIpc) is 3.31. The van der Waals surface area contributed by atoms with Gasteiger partial charge in [-0.15, -0.1) is 0 Å². The molecule has 27 heavy (non-hydrogen) atoms. The fourth-order valence-corrected chi connectivity index (χ4v) is 3.43. The number of anilines is 1. The zero-order chi connectivity index (χ0) is 19.0. The van der Waals surface area contributed by atoms with Crippen LogP contribution in [0.15, 0.2) is 47.0 Å². The first-order valence-corrected chi connectivity index (χ1v) is 8.97. The minimum atomic E-state index is -0.126. The van der Waals surface area contributed by atoms with Crippen molar-refractivity contribution in [2.45, 2.75) is 19.3 Å². The van der Waals surface area contributed by atoms with E-state index >= 15 is 0 Å². The highest BCUT2D eigenvalue weighted by Gasteiger charge is 2.35. The van der Waals surface area contributed by atoms with E-state index in [0.717, 1.165) is 16.8 Å². The Balaban J connectivity index is 1.58. The first kappa shape index (κ1) is 17.5. The summed E-state index contributed by atoms with van der Waals surface area (Å²) in [4.78, 5) is 18.8. The summed E-state index contributed by atoms with van der Waals surface area (Å²) in [5.74, 6) is 1.56. The van der Waals surface area contributed by atoms with Crippen molar-refractivity contribution in [1.82, 2.24) is 10.1 Å². The Kier molecular flexibility index (Phi) is 4.58. The van der Waals surface area contributed by atoms with E-state index in [0.29, 0.717) is 35.5 Å². The molecular formula is C20H18ClN3O3. The lowest BCUT2D eigenvalue weighted by Gasteiger charge is -2.19. The van der Waals surface area contributed by atoms with Crippen molar-refractivity contribution in [3.05, 3.63) is 58.9 Å². The molecule has 0 N–H and O–H groups in total. The minimum absolute atomic E-state index is 0.0260. The molecule has 1 fully saturated rings. The van der Waals surface area contributed by atoms with Crippen molar-refractivity contribution in [1.29, 1.82) is 0 Å². The Hall–Kier alpha value is -2.86. The zero-order valence-corrected chi connectivity index (χ0v) is 15.7. The van der Waals surface area contributed by atoms with Crippen LogP contribution in [0.25, 0.3) is 11.5 Å². The Bertz CT molecular complexity index is 1000. The van der Waals surface area contributed by atoms with Crippen LogP contribution in [-0.4, -0.2) is 29.7 Å². The summed E-state index contributed by atoms with van der Waals surface area (Å²) in [5.41, 5.74) is 2.60. The molecule has 4 rings (SSSR count). The molecule has 0 aliphatic carbocycles. The second kappa shape index (κ2) is 7.04. The van der Waals surface area contributed by atoms with Crippen molar-refractivity contribution < 1.29 is 14.1 Å². The molecule has 0 saturated carbocycles. The van der Waals surface area contributed by atoms with Gasteiger partial charge in [0.2, 0.25) is 5.91 Å². The number of methoxy groups -OCH3 is 1. The van der Waals surface area contributed by atoms with Gasteiger partial charge in [-0.25, -0.2) is 0 Å². The first-order chi connectivity index (χ1) is 13.0. The zero-order valence-electron chi connectivity index (χ0n) is 15.0. The van der Waals surface area contributed by atoms with Gasteiger partial charge in [0.05, 0.1) is 7.11 Å². The molecule has 6 nitrogen and oxygen atoms in total. The number of amides is 1. The maximum Gasteiger partial charge on any atom is 0.258 e. The molecule has 2 heterocycles. The molecule has 1 atom stereocenters. The molecule has 1 saturated heterocycles. The predicted molar refractivity (Wildman–Crippen MR) is 102 cm³/mol. The number of hydrogen-bond donors (Lipinski definition) is 0. The van der Waals surface area contributed by atoms with E-state index in [2.05, 4.69) is 10.1 Å². The van der Waals surface area contributed by atoms with Crippen molar-refractivity contribution in [2.24, 2.45) is 0 Å². The number of ether oxygens (including phenoxy) is 1. The molecular weight excluding hydrogens is 366 g/mol. The molecule has 3 aromatic rings. The van der Waals surface area contributed by atoms with Crippen LogP contribution in [0.1, 0.15) is 23.7 Å². The summed E-state index contributed by atoms with van der Waals surface area (Å²) < 4.78 is 10.6. The number of carbonyl (C=O) groups is 1. The lowest BCUT2D eigenvalue weighted by Crippen LogP contribution is -2.25. The van der Waals surface area contributed by atoms with Crippen LogP contribution >= 0.6 is 11.6 Å². The molecule has 0 spiro atoms. The number of rotatable bonds is 4. The van der Waals surface area contributed by atoms with E-state index < -0.39 is 0 Å². The van der Waals surface area contributed by atoms with Gasteiger partial charge in [-0.3, -0.25) is 4.79 Å². The summed E-state index contributed by atoms with van der Waals surface area (Å²) in [6.45, 7) is 2.46. The molecule has 0 bridgehead atoms. The molecule has 2 aromatic carbocycles. The van der Waals surface area contributed by atoms with Gasteiger partial charge in [-0.2, -0.15) is 4.98 Å². The number of halogens is 1. The summed E-state index contributed by atoms with van der Waals surface area (Å²) in [5, 5.41) is 4.70. The lowest BCUT2D eigenvalue weighted by atomic mass is 10.1. The van der Waals surface area contributed by atoms with Crippen LogP contribution in [0.4, 0.5) is 5.69 Å². The minimum Gasteiger partial charge on any atom is -0.497 e. The fourth-order valence-electron chi connectivity index (χ4n) is 3.26. The molecule has 1 aliphatic rings. The molecule has 1 unspecified atom stereocenters. The van der Waals surface area contributed by atoms with Crippen LogP contribution in [0, 0.1) is 6.92 Å². The van der Waals surface area contributed by atoms with Crippen LogP contribution < -0.4 is 9.64 Å². The normalized spacial score (nSPS) is 16.8. The molecule has 138 valence electrons. The largest absolute Gasteiger partial charge is 0.497 e. The van der Waals surface area contributed by atoms with Gasteiger partial charge in [-0.1, -0.05) is 28.9 Å². The van der Waals surface area contributed by atoms with Gasteiger partial charge in [0.1, 0.15) is 5.75 Å². The van der Waals surface area contributed by atoms with Crippen LogP contribution in [-0.2, 0) is 4.79 Å². The second-order valence-electron chi connectivity index (χ2n) is 6.53. The molecule has 1 aliphatic heterocycles. The highest BCUT2D eigenvalue weighted by molar-refractivity contribution is 6.31. The third kappa shape index (κ3) is 3.40. The van der Waals surface area contributed by atoms with Crippen molar-refractivity contribution >= 4 is 23.2 Å². The Morgan fingerprint density at radius 2 is 2.11 bits per heavy atom. The van der Waals surface area contributed by atoms with Gasteiger partial charge in [-0.05, 0) is 42.8 Å². The Labute approximate surface area is 161 Å². The molecule has 0 radical (unpaired) electrons. The number of carbonyl (C=O) groups excluding carboxylic acids is 1. The van der Waals surface area contributed by atoms with E-state index in [-0.39, 0.29) is 11.8 Å². The monoisotopic (exact) mass is 383 g/mol. The summed E-state index contributed by atoms with van der Waals surface area (Å²) in [6, 6.07) is 13.0. The van der Waals surface area contributed by atoms with Crippen LogP contribution in [0.2, 0.25) is 5.02 Å². The SMILES string of the molecule is COc1cccc(-c2nc(C3CC(=O)N(c4cc(Cl)ccc4C)C3)no2)c1. The number of aryl methyl sites for hydroxylation is 1. The Morgan fingerprint density at radius 3 is 2.93 bits per heavy atom. The summed E-state index contributed by atoms with van der Waals surface area (Å²) in [7, 11) is 1.61. The third-order valence-electron chi connectivity index (χ3n) is 4.71. The second-order valence-corrected chi connectivity index (χ2v) is 6.96. The van der Waals surface area contributed by atoms with Crippen molar-refractivity contribution in [3.8, 4) is 17.2 Å². The Morgan fingerprint density at radius 1 is 1.26 bits per heavy atom. The van der Waals surface area contributed by atoms with Crippen LogP contribution in [0.5, 0.6) is 5.75 Å². The smallest absolute Gasteiger partial charge is 0.258 e. The van der Waals surface area contributed by atoms with Crippen molar-refractivity contribution in [3.63, 3.8) is 0 Å². The number of benzene rings is 2. The van der Waals surface area contributed by atoms with Gasteiger partial charge in [0.25, 0.3) is 5.89 Å². The molecule has 1 amide bonds. The van der Waals surface area contributed by atoms with E-state index in [1.54, 1.807) is 12.0 Å². The van der Waals surface area contributed by atoms with E-state index in [1.807, 2.05) is 49.4 Å². The van der Waals surface area contributed by atoms with Gasteiger partial charge < -0.3 is 14.2 Å². The predicted octanol–water partition coefficient (Wildman–Crippen LogP) is 4.23. The molecule has 7 heteroatoms. The average molecular weight is 384 g/mol. The standard InChI is InChI=1S/C20H18ClN3O3/c1-12-6-7-15(21)10-17(12)24-11-14(9-18(24)25)19-22-20(27-23-19)13-4-3-5-16(8-13)26-2/h3-8,10,14H,9,11H2,1-2H3. The number of hydrogen-bond acceptors (Lipinski definition) is 5. The van der Waals surface area contributed by atoms with E-state index in [4.69, 9.17) is 20.9 Å². The highest BCUT2D eigenvalue weighted by Crippen LogP contribution is 2.34. The lowest BCUT2D eigenvalue weighted by molar-refractivity contribution is -0.117. The molecule has 1 aromatic heterocycles. The first-order valence-electron chi connectivity index (χ1n) is 8.59. The fraction of sp³-hybridized carbons (Fsp3) is 0.250. The topological polar surface area (TPSA) is 68.5 Å². The van der Waals surface area contributed by atoms with Crippen molar-refractivity contribution in [2.75, 3.05) is 18.6 Å². The van der Waals surface area contributed by atoms with E-state index in [9.17, 15) is 4.79 Å². The number of nitrogens with zero attached hydrogens (tertiary/aromatic N) is 3. The summed E-state index contributed by atoms with van der Waals surface area (Å²) in [6.07, 6.45) is 0.336. The quantitative estimate of drug-likeness (QED) is 0.674. The van der Waals surface area contributed by atoms with Gasteiger partial charge in [0, 0.05) is 35.2 Å². The van der Waals surface area contributed by atoms with Crippen LogP contribution in [0.3, 0.4) is 0 Å². The van der Waals surface area contributed by atoms with Gasteiger partial charge >= 0.3 is 0 Å².